The SMILES string of the molecule is O=C(NCc1ccccn1)NC1COCC1C(=O)O. The van der Waals surface area contributed by atoms with E-state index in [9.17, 15) is 9.59 Å². The van der Waals surface area contributed by atoms with Crippen LogP contribution in [0.25, 0.3) is 0 Å². The van der Waals surface area contributed by atoms with Crippen LogP contribution < -0.4 is 10.6 Å². The Bertz CT molecular complexity index is 452. The standard InChI is InChI=1S/C12H15N3O4/c16-11(17)9-6-19-7-10(9)15-12(18)14-5-8-3-1-2-4-13-8/h1-4,9-10H,5-7H2,(H,16,17)(H2,14,15,18). The third kappa shape index (κ3) is 3.65. The summed E-state index contributed by atoms with van der Waals surface area (Å²) in [6.07, 6.45) is 1.64. The summed E-state index contributed by atoms with van der Waals surface area (Å²) in [5, 5.41) is 14.2. The minimum absolute atomic E-state index is 0.126. The van der Waals surface area contributed by atoms with Gasteiger partial charge in [0, 0.05) is 6.20 Å². The van der Waals surface area contributed by atoms with Crippen LogP contribution in [-0.4, -0.2) is 41.3 Å². The molecule has 2 amide bonds. The van der Waals surface area contributed by atoms with E-state index in [1.807, 2.05) is 6.07 Å². The van der Waals surface area contributed by atoms with Gasteiger partial charge in [0.05, 0.1) is 31.5 Å². The van der Waals surface area contributed by atoms with E-state index in [0.717, 1.165) is 5.69 Å². The molecule has 2 unspecified atom stereocenters. The summed E-state index contributed by atoms with van der Waals surface area (Å²) < 4.78 is 5.06. The number of carboxylic acid groups (broad SMARTS) is 1. The average Bonchev–Trinajstić information content (AvgIpc) is 2.86. The Kier molecular flexibility index (Phi) is 4.30. The first-order valence-electron chi connectivity index (χ1n) is 5.91. The Morgan fingerprint density at radius 3 is 2.95 bits per heavy atom. The molecule has 0 aromatic carbocycles. The summed E-state index contributed by atoms with van der Waals surface area (Å²) in [6, 6.07) is 4.48. The molecule has 0 bridgehead atoms. The van der Waals surface area contributed by atoms with E-state index < -0.39 is 24.0 Å². The number of ether oxygens (including phenoxy) is 1. The number of hydrogen-bond acceptors (Lipinski definition) is 4. The van der Waals surface area contributed by atoms with Crippen molar-refractivity contribution >= 4 is 12.0 Å². The summed E-state index contributed by atoms with van der Waals surface area (Å²) in [4.78, 5) is 26.6. The number of nitrogens with zero attached hydrogens (tertiary/aromatic N) is 1. The smallest absolute Gasteiger partial charge is 0.315 e. The fraction of sp³-hybridized carbons (Fsp3) is 0.417. The topological polar surface area (TPSA) is 101 Å². The van der Waals surface area contributed by atoms with Gasteiger partial charge in [0.15, 0.2) is 0 Å². The molecule has 3 N–H and O–H groups in total. The molecule has 7 nitrogen and oxygen atoms in total. The van der Waals surface area contributed by atoms with Gasteiger partial charge in [0.25, 0.3) is 0 Å². The van der Waals surface area contributed by atoms with Crippen LogP contribution in [0.1, 0.15) is 5.69 Å². The predicted octanol–water partition coefficient (Wildman–Crippen LogP) is -0.0196. The van der Waals surface area contributed by atoms with Crippen LogP contribution in [0.3, 0.4) is 0 Å². The number of nitrogens with one attached hydrogen (secondary N) is 2. The summed E-state index contributed by atoms with van der Waals surface area (Å²) in [6.45, 7) is 0.631. The Morgan fingerprint density at radius 2 is 2.26 bits per heavy atom. The molecule has 1 saturated heterocycles. The van der Waals surface area contributed by atoms with Crippen molar-refractivity contribution in [2.75, 3.05) is 13.2 Å². The highest BCUT2D eigenvalue weighted by Crippen LogP contribution is 2.13. The lowest BCUT2D eigenvalue weighted by atomic mass is 10.0. The van der Waals surface area contributed by atoms with Gasteiger partial charge in [-0.05, 0) is 12.1 Å². The molecular weight excluding hydrogens is 250 g/mol. The normalized spacial score (nSPS) is 21.9. The molecule has 0 saturated carbocycles. The van der Waals surface area contributed by atoms with Gasteiger partial charge >= 0.3 is 12.0 Å². The van der Waals surface area contributed by atoms with Crippen molar-refractivity contribution in [2.24, 2.45) is 5.92 Å². The first-order chi connectivity index (χ1) is 9.16. The molecule has 0 spiro atoms. The molecule has 2 rings (SSSR count). The summed E-state index contributed by atoms with van der Waals surface area (Å²) in [7, 11) is 0. The van der Waals surface area contributed by atoms with Gasteiger partial charge in [-0.25, -0.2) is 4.79 Å². The zero-order chi connectivity index (χ0) is 13.7. The number of urea groups is 1. The highest BCUT2D eigenvalue weighted by molar-refractivity contribution is 5.77. The first-order valence-corrected chi connectivity index (χ1v) is 5.91. The average molecular weight is 265 g/mol. The Balaban J connectivity index is 1.80. The monoisotopic (exact) mass is 265 g/mol. The van der Waals surface area contributed by atoms with E-state index >= 15 is 0 Å². The van der Waals surface area contributed by atoms with E-state index in [1.54, 1.807) is 18.3 Å². The quantitative estimate of drug-likeness (QED) is 0.710. The summed E-state index contributed by atoms with van der Waals surface area (Å²) in [5.41, 5.74) is 0.732. The van der Waals surface area contributed by atoms with Gasteiger partial charge in [-0.15, -0.1) is 0 Å². The molecule has 1 aromatic rings. The van der Waals surface area contributed by atoms with Crippen molar-refractivity contribution in [1.29, 1.82) is 0 Å². The van der Waals surface area contributed by atoms with Gasteiger partial charge in [0.1, 0.15) is 5.92 Å². The van der Waals surface area contributed by atoms with Crippen molar-refractivity contribution < 1.29 is 19.4 Å². The number of amides is 2. The third-order valence-electron chi connectivity index (χ3n) is 2.87. The Morgan fingerprint density at radius 1 is 1.42 bits per heavy atom. The van der Waals surface area contributed by atoms with Crippen molar-refractivity contribution in [1.82, 2.24) is 15.6 Å². The first kappa shape index (κ1) is 13.3. The number of carboxylic acids is 1. The van der Waals surface area contributed by atoms with Crippen LogP contribution in [0.15, 0.2) is 24.4 Å². The minimum Gasteiger partial charge on any atom is -0.481 e. The van der Waals surface area contributed by atoms with Crippen molar-refractivity contribution in [2.45, 2.75) is 12.6 Å². The second kappa shape index (κ2) is 6.14. The summed E-state index contributed by atoms with van der Waals surface area (Å²) in [5.74, 6) is -1.66. The van der Waals surface area contributed by atoms with Crippen molar-refractivity contribution in [3.8, 4) is 0 Å². The molecule has 0 aliphatic carbocycles. The third-order valence-corrected chi connectivity index (χ3v) is 2.87. The molecular formula is C12H15N3O4. The van der Waals surface area contributed by atoms with E-state index in [4.69, 9.17) is 9.84 Å². The number of aromatic nitrogens is 1. The molecule has 102 valence electrons. The molecule has 19 heavy (non-hydrogen) atoms. The van der Waals surface area contributed by atoms with E-state index in [1.165, 1.54) is 0 Å². The molecule has 1 fully saturated rings. The second-order valence-corrected chi connectivity index (χ2v) is 4.24. The number of carbonyl (C=O) groups is 2. The van der Waals surface area contributed by atoms with Gasteiger partial charge in [-0.1, -0.05) is 6.07 Å². The highest BCUT2D eigenvalue weighted by atomic mass is 16.5. The van der Waals surface area contributed by atoms with Crippen LogP contribution >= 0.6 is 0 Å². The Labute approximate surface area is 110 Å². The fourth-order valence-electron chi connectivity index (χ4n) is 1.83. The van der Waals surface area contributed by atoms with Crippen molar-refractivity contribution in [3.63, 3.8) is 0 Å². The van der Waals surface area contributed by atoms with Gasteiger partial charge < -0.3 is 20.5 Å². The van der Waals surface area contributed by atoms with Crippen LogP contribution in [0.5, 0.6) is 0 Å². The minimum atomic E-state index is -0.965. The maximum atomic E-state index is 11.6. The number of rotatable bonds is 4. The maximum Gasteiger partial charge on any atom is 0.315 e. The van der Waals surface area contributed by atoms with Crippen LogP contribution in [0.4, 0.5) is 4.79 Å². The van der Waals surface area contributed by atoms with Gasteiger partial charge in [0.2, 0.25) is 0 Å². The lowest BCUT2D eigenvalue weighted by Crippen LogP contribution is -2.47. The predicted molar refractivity (Wildman–Crippen MR) is 65.3 cm³/mol. The Hall–Kier alpha value is -2.15. The number of carbonyl (C=O) groups excluding carboxylic acids is 1. The van der Waals surface area contributed by atoms with Gasteiger partial charge in [-0.3, -0.25) is 9.78 Å². The van der Waals surface area contributed by atoms with E-state index in [0.29, 0.717) is 0 Å². The zero-order valence-electron chi connectivity index (χ0n) is 10.2. The number of hydrogen-bond donors (Lipinski definition) is 3. The maximum absolute atomic E-state index is 11.6. The lowest BCUT2D eigenvalue weighted by molar-refractivity contribution is -0.142. The highest BCUT2D eigenvalue weighted by Gasteiger charge is 2.34. The van der Waals surface area contributed by atoms with Crippen LogP contribution in [0, 0.1) is 5.92 Å². The summed E-state index contributed by atoms with van der Waals surface area (Å²) >= 11 is 0. The fourth-order valence-corrected chi connectivity index (χ4v) is 1.83. The number of aliphatic carboxylic acids is 1. The van der Waals surface area contributed by atoms with E-state index in [2.05, 4.69) is 15.6 Å². The lowest BCUT2D eigenvalue weighted by Gasteiger charge is -2.16. The zero-order valence-corrected chi connectivity index (χ0v) is 10.2. The van der Waals surface area contributed by atoms with Crippen LogP contribution in [0.2, 0.25) is 0 Å². The number of pyridine rings is 1. The van der Waals surface area contributed by atoms with Crippen LogP contribution in [-0.2, 0) is 16.1 Å². The van der Waals surface area contributed by atoms with E-state index in [-0.39, 0.29) is 19.8 Å². The largest absolute Gasteiger partial charge is 0.481 e. The molecule has 2 atom stereocenters. The molecule has 1 aliphatic heterocycles. The van der Waals surface area contributed by atoms with Crippen molar-refractivity contribution in [3.05, 3.63) is 30.1 Å². The molecule has 7 heteroatoms. The molecule has 1 aliphatic rings. The van der Waals surface area contributed by atoms with Gasteiger partial charge in [-0.2, -0.15) is 0 Å². The molecule has 0 radical (unpaired) electrons. The second-order valence-electron chi connectivity index (χ2n) is 4.24. The molecule has 2 heterocycles. The molecule has 1 aromatic heterocycles.